The van der Waals surface area contributed by atoms with E-state index < -0.39 is 0 Å². The zero-order valence-electron chi connectivity index (χ0n) is 25.0. The number of likely N-dealkylation sites (tertiary alicyclic amines) is 1. The molecule has 5 rings (SSSR count). The van der Waals surface area contributed by atoms with Gasteiger partial charge in [0.15, 0.2) is 0 Å². The van der Waals surface area contributed by atoms with Gasteiger partial charge < -0.3 is 20.8 Å². The van der Waals surface area contributed by atoms with Crippen molar-refractivity contribution in [1.29, 1.82) is 5.26 Å². The normalized spacial score (nSPS) is 17.8. The van der Waals surface area contributed by atoms with Crippen molar-refractivity contribution in [2.24, 2.45) is 0 Å². The van der Waals surface area contributed by atoms with Gasteiger partial charge >= 0.3 is 0 Å². The Morgan fingerprint density at radius 2 is 1.90 bits per heavy atom. The number of hydrazine groups is 2. The number of ether oxygens (including phenoxy) is 1. The van der Waals surface area contributed by atoms with Crippen LogP contribution < -0.4 is 21.6 Å². The minimum absolute atomic E-state index is 0.0136. The van der Waals surface area contributed by atoms with Gasteiger partial charge in [0.25, 0.3) is 0 Å². The molecule has 42 heavy (non-hydrogen) atoms. The summed E-state index contributed by atoms with van der Waals surface area (Å²) in [5.74, 6) is 0. The van der Waals surface area contributed by atoms with Gasteiger partial charge in [0, 0.05) is 61.3 Å². The number of hydrogen-bond acceptors (Lipinski definition) is 9. The first-order valence-electron chi connectivity index (χ1n) is 14.5. The fourth-order valence-corrected chi connectivity index (χ4v) is 6.04. The number of benzene rings is 2. The smallest absolute Gasteiger partial charge is 0.103 e. The molecule has 0 unspecified atom stereocenters. The molecule has 0 spiro atoms. The Bertz CT molecular complexity index is 1460. The average molecular weight is 589 g/mol. The zero-order chi connectivity index (χ0) is 29.9. The van der Waals surface area contributed by atoms with Gasteiger partial charge in [0.1, 0.15) is 6.07 Å². The van der Waals surface area contributed by atoms with Crippen molar-refractivity contribution < 1.29 is 4.74 Å². The van der Waals surface area contributed by atoms with E-state index in [-0.39, 0.29) is 17.6 Å². The summed E-state index contributed by atoms with van der Waals surface area (Å²) < 4.78 is 5.32. The minimum Gasteiger partial charge on any atom is -0.383 e. The number of piperidine rings is 1. The lowest BCUT2D eigenvalue weighted by molar-refractivity contribution is 0.0570. The van der Waals surface area contributed by atoms with E-state index in [9.17, 15) is 5.26 Å². The number of rotatable bonds is 9. The molecular formula is C32H41ClN8O. The lowest BCUT2D eigenvalue weighted by Gasteiger charge is -2.42. The van der Waals surface area contributed by atoms with Crippen molar-refractivity contribution >= 4 is 33.9 Å². The molecule has 10 heteroatoms. The van der Waals surface area contributed by atoms with Crippen molar-refractivity contribution in [2.45, 2.75) is 64.2 Å². The molecule has 4 N–H and O–H groups in total. The maximum atomic E-state index is 9.84. The third-order valence-corrected chi connectivity index (χ3v) is 8.31. The Balaban J connectivity index is 1.45. The van der Waals surface area contributed by atoms with E-state index in [2.05, 4.69) is 81.7 Å². The van der Waals surface area contributed by atoms with Crippen molar-refractivity contribution in [2.75, 3.05) is 37.4 Å². The van der Waals surface area contributed by atoms with Crippen LogP contribution in [0, 0.1) is 11.3 Å². The number of nitrogens with zero attached hydrogens (tertiary/aromatic N) is 4. The molecule has 0 saturated carbocycles. The number of fused-ring (bicyclic) bond motifs is 1. The number of pyridine rings is 1. The van der Waals surface area contributed by atoms with Gasteiger partial charge in [-0.1, -0.05) is 41.9 Å². The van der Waals surface area contributed by atoms with Crippen molar-refractivity contribution in [3.63, 3.8) is 0 Å². The fraction of sp³-hybridized carbons (Fsp3) is 0.438. The van der Waals surface area contributed by atoms with Crippen LogP contribution in [-0.2, 0) is 4.74 Å². The highest BCUT2D eigenvalue weighted by atomic mass is 35.5. The summed E-state index contributed by atoms with van der Waals surface area (Å²) in [5, 5.41) is 20.5. The molecule has 222 valence electrons. The third-order valence-electron chi connectivity index (χ3n) is 8.02. The van der Waals surface area contributed by atoms with Crippen LogP contribution in [0.1, 0.15) is 57.7 Å². The maximum Gasteiger partial charge on any atom is 0.103 e. The summed E-state index contributed by atoms with van der Waals surface area (Å²) >= 11 is 6.79. The number of methoxy groups -OCH3 is 1. The quantitative estimate of drug-likeness (QED) is 0.247. The summed E-state index contributed by atoms with van der Waals surface area (Å²) in [7, 11) is 1.66. The van der Waals surface area contributed by atoms with Crippen LogP contribution in [0.2, 0.25) is 5.02 Å². The van der Waals surface area contributed by atoms with Crippen LogP contribution in [0.4, 0.5) is 11.4 Å². The van der Waals surface area contributed by atoms with Gasteiger partial charge in [-0.3, -0.25) is 14.9 Å². The minimum atomic E-state index is -0.178. The molecule has 2 aliphatic rings. The summed E-state index contributed by atoms with van der Waals surface area (Å²) in [5.41, 5.74) is 11.7. The number of anilines is 2. The Morgan fingerprint density at radius 3 is 2.57 bits per heavy atom. The average Bonchev–Trinajstić information content (AvgIpc) is 3.46. The maximum absolute atomic E-state index is 9.84. The van der Waals surface area contributed by atoms with E-state index in [1.54, 1.807) is 13.3 Å². The Labute approximate surface area is 253 Å². The molecule has 0 radical (unpaired) electrons. The van der Waals surface area contributed by atoms with Crippen molar-refractivity contribution in [1.82, 2.24) is 25.9 Å². The van der Waals surface area contributed by atoms with Crippen LogP contribution in [0.3, 0.4) is 0 Å². The number of nitrogens with one attached hydrogen (secondary N) is 4. The Morgan fingerprint density at radius 1 is 1.17 bits per heavy atom. The molecule has 1 saturated heterocycles. The molecule has 1 aromatic heterocycles. The second-order valence-electron chi connectivity index (χ2n) is 12.1. The highest BCUT2D eigenvalue weighted by Gasteiger charge is 2.32. The van der Waals surface area contributed by atoms with Crippen LogP contribution in [0.25, 0.3) is 10.9 Å². The first-order valence-corrected chi connectivity index (χ1v) is 14.9. The summed E-state index contributed by atoms with van der Waals surface area (Å²) in [6, 6.07) is 16.7. The molecule has 1 fully saturated rings. The van der Waals surface area contributed by atoms with Gasteiger partial charge in [0.05, 0.1) is 40.1 Å². The van der Waals surface area contributed by atoms with E-state index >= 15 is 0 Å². The molecule has 2 atom stereocenters. The van der Waals surface area contributed by atoms with E-state index in [0.717, 1.165) is 48.3 Å². The largest absolute Gasteiger partial charge is 0.383 e. The summed E-state index contributed by atoms with van der Waals surface area (Å²) in [6.07, 6.45) is 5.92. The number of nitriles is 1. The van der Waals surface area contributed by atoms with Crippen LogP contribution in [-0.4, -0.2) is 59.3 Å². The van der Waals surface area contributed by atoms with E-state index in [1.807, 2.05) is 37.3 Å². The predicted molar refractivity (Wildman–Crippen MR) is 170 cm³/mol. The van der Waals surface area contributed by atoms with Gasteiger partial charge in [-0.2, -0.15) is 5.26 Å². The summed E-state index contributed by atoms with van der Waals surface area (Å²) in [4.78, 5) is 7.06. The predicted octanol–water partition coefficient (Wildman–Crippen LogP) is 5.79. The monoisotopic (exact) mass is 588 g/mol. The molecule has 3 aromatic rings. The van der Waals surface area contributed by atoms with Gasteiger partial charge in [0.2, 0.25) is 0 Å². The van der Waals surface area contributed by atoms with E-state index in [0.29, 0.717) is 34.4 Å². The summed E-state index contributed by atoms with van der Waals surface area (Å²) in [6.45, 7) is 11.5. The highest BCUT2D eigenvalue weighted by molar-refractivity contribution is 6.35. The number of halogens is 1. The first kappa shape index (κ1) is 29.9. The Kier molecular flexibility index (Phi) is 9.09. The number of hydrogen-bond donors (Lipinski definition) is 4. The zero-order valence-corrected chi connectivity index (χ0v) is 25.8. The highest BCUT2D eigenvalue weighted by Crippen LogP contribution is 2.36. The lowest BCUT2D eigenvalue weighted by Crippen LogP contribution is -2.52. The molecule has 3 heterocycles. The second kappa shape index (κ2) is 12.8. The van der Waals surface area contributed by atoms with Gasteiger partial charge in [-0.15, -0.1) is 5.53 Å². The molecule has 9 nitrogen and oxygen atoms in total. The van der Waals surface area contributed by atoms with Crippen LogP contribution >= 0.6 is 11.6 Å². The van der Waals surface area contributed by atoms with Gasteiger partial charge in [-0.25, -0.2) is 0 Å². The third kappa shape index (κ3) is 6.58. The molecule has 0 amide bonds. The SMILES string of the molecule is COC[C@H](C)Nc1c(C#N)cnc2c(Cl)cc(N[C@H](C3=CN(C4CCN(C(C)(C)C)CC4)NN3)c3ccccc3)cc12. The molecule has 2 aromatic carbocycles. The lowest BCUT2D eigenvalue weighted by atomic mass is 9.98. The number of aromatic nitrogens is 1. The Hall–Kier alpha value is -3.55. The topological polar surface area (TPSA) is 101 Å². The van der Waals surface area contributed by atoms with Crippen LogP contribution in [0.5, 0.6) is 0 Å². The molecule has 2 aliphatic heterocycles. The van der Waals surface area contributed by atoms with Crippen LogP contribution in [0.15, 0.2) is 60.6 Å². The van der Waals surface area contributed by atoms with Crippen molar-refractivity contribution in [3.8, 4) is 6.07 Å². The van der Waals surface area contributed by atoms with E-state index in [4.69, 9.17) is 16.3 Å². The van der Waals surface area contributed by atoms with Gasteiger partial charge in [-0.05, 0) is 58.2 Å². The second-order valence-corrected chi connectivity index (χ2v) is 12.5. The standard InChI is InChI=1S/C32H41ClN8O/c1-21(20-42-5)36-29-23(17-34)18-35-31-26(29)15-24(16-27(31)33)37-30(22-9-7-6-8-10-22)28-19-41(39-38-28)25-11-13-40(14-12-25)32(2,3)4/h6-10,15-16,18-19,21,25,30,37-39H,11-14,20H2,1-5H3,(H,35,36)/t21-,30-/m0/s1. The first-order chi connectivity index (χ1) is 20.2. The molecule has 0 bridgehead atoms. The van der Waals surface area contributed by atoms with E-state index in [1.165, 1.54) is 0 Å². The fourth-order valence-electron chi connectivity index (χ4n) is 5.78. The van der Waals surface area contributed by atoms with Crippen molar-refractivity contribution in [3.05, 3.63) is 76.7 Å². The molecular weight excluding hydrogens is 548 g/mol. The molecule has 0 aliphatic carbocycles.